The molecular formula is C21H31BrN2O6. The molecule has 1 unspecified atom stereocenters. The van der Waals surface area contributed by atoms with E-state index in [2.05, 4.69) is 21.2 Å². The molecule has 1 saturated carbocycles. The number of aliphatic hydroxyl groups is 1. The summed E-state index contributed by atoms with van der Waals surface area (Å²) in [5.74, 6) is -2.34. The highest BCUT2D eigenvalue weighted by Gasteiger charge is 2.76. The van der Waals surface area contributed by atoms with Crippen LogP contribution in [-0.4, -0.2) is 76.2 Å². The molecular weight excluding hydrogens is 456 g/mol. The van der Waals surface area contributed by atoms with Gasteiger partial charge in [-0.15, -0.1) is 0 Å². The zero-order valence-electron chi connectivity index (χ0n) is 17.3. The minimum absolute atomic E-state index is 0.0791. The number of carbonyl (C=O) groups is 3. The Labute approximate surface area is 185 Å². The van der Waals surface area contributed by atoms with E-state index in [0.717, 1.165) is 25.7 Å². The highest BCUT2D eigenvalue weighted by atomic mass is 79.9. The van der Waals surface area contributed by atoms with Crippen LogP contribution >= 0.6 is 15.9 Å². The Hall–Kier alpha value is -1.19. The maximum atomic E-state index is 13.5. The second-order valence-electron chi connectivity index (χ2n) is 8.87. The van der Waals surface area contributed by atoms with Gasteiger partial charge < -0.3 is 24.8 Å². The van der Waals surface area contributed by atoms with E-state index in [1.807, 2.05) is 0 Å². The van der Waals surface area contributed by atoms with Gasteiger partial charge in [-0.05, 0) is 32.6 Å². The van der Waals surface area contributed by atoms with Crippen molar-refractivity contribution in [3.05, 3.63) is 0 Å². The number of ether oxygens (including phenoxy) is 2. The lowest BCUT2D eigenvalue weighted by Gasteiger charge is -2.35. The summed E-state index contributed by atoms with van der Waals surface area (Å²) in [6.07, 6.45) is 5.61. The van der Waals surface area contributed by atoms with Gasteiger partial charge in [-0.1, -0.05) is 35.2 Å². The Morgan fingerprint density at radius 3 is 2.73 bits per heavy atom. The first-order chi connectivity index (χ1) is 14.4. The number of rotatable bonds is 7. The molecule has 2 bridgehead atoms. The summed E-state index contributed by atoms with van der Waals surface area (Å²) in [7, 11) is 0. The number of hydrogen-bond acceptors (Lipinski definition) is 6. The summed E-state index contributed by atoms with van der Waals surface area (Å²) < 4.78 is 11.6. The van der Waals surface area contributed by atoms with Gasteiger partial charge in [0.15, 0.2) is 0 Å². The lowest BCUT2D eigenvalue weighted by atomic mass is 9.70. The molecule has 3 heterocycles. The van der Waals surface area contributed by atoms with E-state index in [1.54, 1.807) is 6.92 Å². The summed E-state index contributed by atoms with van der Waals surface area (Å²) in [5.41, 5.74) is -1.04. The molecule has 0 aromatic carbocycles. The van der Waals surface area contributed by atoms with Crippen LogP contribution < -0.4 is 5.32 Å². The van der Waals surface area contributed by atoms with Crippen LogP contribution in [0.4, 0.5) is 0 Å². The van der Waals surface area contributed by atoms with Crippen LogP contribution in [0.3, 0.4) is 0 Å². The molecule has 2 amide bonds. The minimum atomic E-state index is -1.04. The van der Waals surface area contributed by atoms with E-state index in [4.69, 9.17) is 9.47 Å². The van der Waals surface area contributed by atoms with Crippen LogP contribution in [0.1, 0.15) is 51.9 Å². The number of nitrogens with one attached hydrogen (secondary N) is 1. The monoisotopic (exact) mass is 486 g/mol. The highest BCUT2D eigenvalue weighted by Crippen LogP contribution is 2.60. The molecule has 4 aliphatic rings. The van der Waals surface area contributed by atoms with Gasteiger partial charge in [-0.25, -0.2) is 0 Å². The highest BCUT2D eigenvalue weighted by molar-refractivity contribution is 9.09. The molecule has 1 spiro atoms. The van der Waals surface area contributed by atoms with Crippen LogP contribution in [0.15, 0.2) is 0 Å². The zero-order valence-corrected chi connectivity index (χ0v) is 18.9. The standard InChI is InChI=1S/C21H31BrN2O6/c1-2-29-20(28)14-15-19(27)24(9-6-10-25)17(21(15)11-13(22)16(14)30-21)18(26)23-12-7-4-3-5-8-12/h12-17,25H,2-11H2,1H3,(H,23,26)/t13?,14-,15+,16-,17-,21+/m0/s1. The molecule has 0 aromatic rings. The fraction of sp³-hybridized carbons (Fsp3) is 0.857. The average Bonchev–Trinajstić information content (AvgIpc) is 3.31. The third-order valence-corrected chi connectivity index (χ3v) is 7.95. The molecule has 3 saturated heterocycles. The molecule has 2 N–H and O–H groups in total. The van der Waals surface area contributed by atoms with Crippen molar-refractivity contribution in [1.82, 2.24) is 10.2 Å². The van der Waals surface area contributed by atoms with Crippen molar-refractivity contribution >= 4 is 33.7 Å². The molecule has 168 valence electrons. The largest absolute Gasteiger partial charge is 0.466 e. The number of carbonyl (C=O) groups excluding carboxylic acids is 3. The Morgan fingerprint density at radius 2 is 2.07 bits per heavy atom. The number of nitrogens with zero attached hydrogens (tertiary/aromatic N) is 1. The maximum absolute atomic E-state index is 13.5. The number of amides is 2. The van der Waals surface area contributed by atoms with Gasteiger partial charge in [0.2, 0.25) is 11.8 Å². The second kappa shape index (κ2) is 8.74. The summed E-state index contributed by atoms with van der Waals surface area (Å²) in [4.78, 5) is 41.1. The molecule has 4 fully saturated rings. The van der Waals surface area contributed by atoms with Gasteiger partial charge in [0.05, 0.1) is 24.5 Å². The smallest absolute Gasteiger partial charge is 0.312 e. The molecule has 4 rings (SSSR count). The maximum Gasteiger partial charge on any atom is 0.312 e. The fourth-order valence-electron chi connectivity index (χ4n) is 5.95. The van der Waals surface area contributed by atoms with E-state index < -0.39 is 35.6 Å². The number of hydrogen-bond donors (Lipinski definition) is 2. The Balaban J connectivity index is 1.65. The quantitative estimate of drug-likeness (QED) is 0.412. The predicted octanol–water partition coefficient (Wildman–Crippen LogP) is 1.13. The van der Waals surface area contributed by atoms with Crippen molar-refractivity contribution in [3.63, 3.8) is 0 Å². The first-order valence-electron chi connectivity index (χ1n) is 11.1. The van der Waals surface area contributed by atoms with Crippen LogP contribution in [0.25, 0.3) is 0 Å². The number of alkyl halides is 1. The zero-order chi connectivity index (χ0) is 21.5. The Kier molecular flexibility index (Phi) is 6.42. The number of fused-ring (bicyclic) bond motifs is 1. The number of halogens is 1. The Bertz CT molecular complexity index is 699. The van der Waals surface area contributed by atoms with Crippen LogP contribution in [0.5, 0.6) is 0 Å². The van der Waals surface area contributed by atoms with Crippen molar-refractivity contribution in [3.8, 4) is 0 Å². The van der Waals surface area contributed by atoms with Gasteiger partial charge in [0, 0.05) is 24.0 Å². The topological polar surface area (TPSA) is 105 Å². The molecule has 6 atom stereocenters. The lowest BCUT2D eigenvalue weighted by Crippen LogP contribution is -2.57. The minimum Gasteiger partial charge on any atom is -0.466 e. The Morgan fingerprint density at radius 1 is 1.33 bits per heavy atom. The molecule has 3 aliphatic heterocycles. The number of aliphatic hydroxyl groups excluding tert-OH is 1. The van der Waals surface area contributed by atoms with Gasteiger partial charge in [-0.2, -0.15) is 0 Å². The van der Waals surface area contributed by atoms with Gasteiger partial charge in [0.1, 0.15) is 11.6 Å². The van der Waals surface area contributed by atoms with E-state index >= 15 is 0 Å². The molecule has 9 heteroatoms. The van der Waals surface area contributed by atoms with Crippen molar-refractivity contribution in [2.75, 3.05) is 19.8 Å². The van der Waals surface area contributed by atoms with Crippen LogP contribution in [0.2, 0.25) is 0 Å². The molecule has 30 heavy (non-hydrogen) atoms. The molecule has 1 aliphatic carbocycles. The van der Waals surface area contributed by atoms with Gasteiger partial charge in [-0.3, -0.25) is 14.4 Å². The van der Waals surface area contributed by atoms with Crippen molar-refractivity contribution < 1.29 is 29.0 Å². The van der Waals surface area contributed by atoms with E-state index in [1.165, 1.54) is 11.3 Å². The van der Waals surface area contributed by atoms with Crippen molar-refractivity contribution in [2.24, 2.45) is 11.8 Å². The van der Waals surface area contributed by atoms with E-state index in [9.17, 15) is 19.5 Å². The SMILES string of the molecule is CCOC(=O)[C@@H]1[C@H]2O[C@@]3(CC2Br)[C@H](C(=O)NC2CCCCC2)N(CCCO)C(=O)[C@@H]13. The van der Waals surface area contributed by atoms with Crippen LogP contribution in [0, 0.1) is 11.8 Å². The average molecular weight is 487 g/mol. The van der Waals surface area contributed by atoms with Gasteiger partial charge >= 0.3 is 5.97 Å². The number of likely N-dealkylation sites (tertiary alicyclic amines) is 1. The normalized spacial score (nSPS) is 38.0. The third kappa shape index (κ3) is 3.46. The summed E-state index contributed by atoms with van der Waals surface area (Å²) in [6.45, 7) is 2.14. The second-order valence-corrected chi connectivity index (χ2v) is 10.0. The van der Waals surface area contributed by atoms with Crippen molar-refractivity contribution in [2.45, 2.75) is 80.5 Å². The van der Waals surface area contributed by atoms with Gasteiger partial charge in [0.25, 0.3) is 0 Å². The summed E-state index contributed by atoms with van der Waals surface area (Å²) in [6, 6.07) is -0.691. The first-order valence-corrected chi connectivity index (χ1v) is 12.1. The molecule has 0 aromatic heterocycles. The third-order valence-electron chi connectivity index (χ3n) is 7.10. The first kappa shape index (κ1) is 22.0. The number of esters is 1. The fourth-order valence-corrected chi connectivity index (χ4v) is 6.89. The summed E-state index contributed by atoms with van der Waals surface area (Å²) in [5, 5.41) is 12.5. The predicted molar refractivity (Wildman–Crippen MR) is 111 cm³/mol. The van der Waals surface area contributed by atoms with Crippen LogP contribution in [-0.2, 0) is 23.9 Å². The van der Waals surface area contributed by atoms with Crippen molar-refractivity contribution in [1.29, 1.82) is 0 Å². The summed E-state index contributed by atoms with van der Waals surface area (Å²) >= 11 is 3.62. The molecule has 8 nitrogen and oxygen atoms in total. The lowest BCUT2D eigenvalue weighted by molar-refractivity contribution is -0.154. The molecule has 0 radical (unpaired) electrons. The van der Waals surface area contributed by atoms with E-state index in [-0.39, 0.29) is 42.4 Å². The van der Waals surface area contributed by atoms with E-state index in [0.29, 0.717) is 12.8 Å².